The number of carboxylic acids is 1. The van der Waals surface area contributed by atoms with Crippen molar-refractivity contribution in [3.63, 3.8) is 0 Å². The van der Waals surface area contributed by atoms with E-state index in [9.17, 15) is 9.90 Å². The van der Waals surface area contributed by atoms with Gasteiger partial charge < -0.3 is 14.9 Å². The topological polar surface area (TPSA) is 66.8 Å². The minimum absolute atomic E-state index is 0.118. The molecule has 0 fully saturated rings. The Bertz CT molecular complexity index is 608. The number of rotatable bonds is 4. The molecule has 6 heteroatoms. The van der Waals surface area contributed by atoms with Gasteiger partial charge in [-0.1, -0.05) is 15.9 Å². The number of carbonyl (C=O) groups is 1. The van der Waals surface area contributed by atoms with Crippen LogP contribution >= 0.6 is 27.3 Å². The summed E-state index contributed by atoms with van der Waals surface area (Å²) in [6.45, 7) is 0. The Morgan fingerprint density at radius 1 is 1.42 bits per heavy atom. The number of thiophene rings is 1. The zero-order chi connectivity index (χ0) is 14.0. The second kappa shape index (κ2) is 5.73. The number of ether oxygens (including phenoxy) is 1. The van der Waals surface area contributed by atoms with E-state index < -0.39 is 12.1 Å². The predicted octanol–water partition coefficient (Wildman–Crippen LogP) is 3.30. The summed E-state index contributed by atoms with van der Waals surface area (Å²) in [5.41, 5.74) is 0.691. The van der Waals surface area contributed by atoms with Crippen LogP contribution in [0.5, 0.6) is 5.75 Å². The smallest absolute Gasteiger partial charge is 0.336 e. The average Bonchev–Trinajstić information content (AvgIpc) is 2.88. The van der Waals surface area contributed by atoms with E-state index in [1.807, 2.05) is 0 Å². The minimum atomic E-state index is -1.05. The van der Waals surface area contributed by atoms with E-state index in [2.05, 4.69) is 15.9 Å². The van der Waals surface area contributed by atoms with E-state index in [-0.39, 0.29) is 5.56 Å². The quantitative estimate of drug-likeness (QED) is 0.894. The third kappa shape index (κ3) is 2.80. The highest BCUT2D eigenvalue weighted by Crippen LogP contribution is 2.35. The molecule has 1 heterocycles. The molecule has 100 valence electrons. The highest BCUT2D eigenvalue weighted by atomic mass is 79.9. The third-order valence-corrected chi connectivity index (χ3v) is 4.36. The lowest BCUT2D eigenvalue weighted by atomic mass is 10.1. The van der Waals surface area contributed by atoms with Crippen LogP contribution in [0, 0.1) is 0 Å². The molecule has 0 aliphatic rings. The lowest BCUT2D eigenvalue weighted by Crippen LogP contribution is -2.05. The predicted molar refractivity (Wildman–Crippen MR) is 76.0 cm³/mol. The maximum Gasteiger partial charge on any atom is 0.336 e. The van der Waals surface area contributed by atoms with Gasteiger partial charge in [0.1, 0.15) is 11.9 Å². The lowest BCUT2D eigenvalue weighted by Gasteiger charge is -2.13. The summed E-state index contributed by atoms with van der Waals surface area (Å²) in [7, 11) is 1.53. The molecule has 19 heavy (non-hydrogen) atoms. The van der Waals surface area contributed by atoms with E-state index in [1.165, 1.54) is 24.5 Å². The Labute approximate surface area is 122 Å². The zero-order valence-corrected chi connectivity index (χ0v) is 12.4. The van der Waals surface area contributed by atoms with Crippen molar-refractivity contribution >= 4 is 33.2 Å². The van der Waals surface area contributed by atoms with Crippen molar-refractivity contribution in [1.82, 2.24) is 0 Å². The number of methoxy groups -OCH3 is 1. The highest BCUT2D eigenvalue weighted by molar-refractivity contribution is 9.10. The van der Waals surface area contributed by atoms with E-state index in [1.54, 1.807) is 23.6 Å². The molecule has 0 saturated carbocycles. The molecule has 0 spiro atoms. The van der Waals surface area contributed by atoms with E-state index in [0.29, 0.717) is 20.7 Å². The van der Waals surface area contributed by atoms with Gasteiger partial charge in [-0.3, -0.25) is 0 Å². The van der Waals surface area contributed by atoms with Crippen LogP contribution in [0.3, 0.4) is 0 Å². The molecule has 1 atom stereocenters. The summed E-state index contributed by atoms with van der Waals surface area (Å²) < 4.78 is 5.81. The molecule has 0 aliphatic carbocycles. The minimum Gasteiger partial charge on any atom is -0.497 e. The lowest BCUT2D eigenvalue weighted by molar-refractivity contribution is 0.0692. The molecule has 1 aromatic heterocycles. The average molecular weight is 343 g/mol. The number of halogens is 1. The van der Waals surface area contributed by atoms with Gasteiger partial charge in [-0.2, -0.15) is 0 Å². The summed E-state index contributed by atoms with van der Waals surface area (Å²) in [4.78, 5) is 11.5. The van der Waals surface area contributed by atoms with Crippen LogP contribution < -0.4 is 4.74 Å². The van der Waals surface area contributed by atoms with Crippen molar-refractivity contribution in [2.24, 2.45) is 0 Å². The number of aromatic carboxylic acids is 1. The summed E-state index contributed by atoms with van der Waals surface area (Å²) in [6, 6.07) is 6.68. The highest BCUT2D eigenvalue weighted by Gasteiger charge is 2.22. The fourth-order valence-electron chi connectivity index (χ4n) is 1.71. The van der Waals surface area contributed by atoms with Crippen molar-refractivity contribution in [3.05, 3.63) is 50.1 Å². The fraction of sp³-hybridized carbons (Fsp3) is 0.154. The molecule has 0 saturated heterocycles. The molecule has 2 aromatic rings. The molecule has 2 rings (SSSR count). The monoisotopic (exact) mass is 342 g/mol. The van der Waals surface area contributed by atoms with Crippen molar-refractivity contribution in [3.8, 4) is 5.75 Å². The van der Waals surface area contributed by atoms with Gasteiger partial charge in [0.25, 0.3) is 0 Å². The number of aliphatic hydroxyl groups excluding tert-OH is 1. The van der Waals surface area contributed by atoms with Crippen LogP contribution in [0.1, 0.15) is 26.9 Å². The largest absolute Gasteiger partial charge is 0.497 e. The van der Waals surface area contributed by atoms with Gasteiger partial charge in [0, 0.05) is 10.0 Å². The van der Waals surface area contributed by atoms with E-state index in [0.717, 1.165) is 0 Å². The molecule has 1 unspecified atom stereocenters. The number of aliphatic hydroxyl groups is 1. The van der Waals surface area contributed by atoms with Gasteiger partial charge in [0.15, 0.2) is 0 Å². The fourth-order valence-corrected chi connectivity index (χ4v) is 3.06. The molecule has 2 N–H and O–H groups in total. The van der Waals surface area contributed by atoms with Gasteiger partial charge in [-0.25, -0.2) is 4.79 Å². The molecule has 0 radical (unpaired) electrons. The number of hydrogen-bond donors (Lipinski definition) is 2. The molecular weight excluding hydrogens is 332 g/mol. The maximum absolute atomic E-state index is 11.1. The Balaban J connectivity index is 2.46. The Morgan fingerprint density at radius 2 is 2.16 bits per heavy atom. The zero-order valence-electron chi connectivity index (χ0n) is 9.96. The van der Waals surface area contributed by atoms with Crippen LogP contribution in [-0.4, -0.2) is 23.3 Å². The second-order valence-electron chi connectivity index (χ2n) is 3.79. The van der Waals surface area contributed by atoms with Gasteiger partial charge in [-0.05, 0) is 29.6 Å². The first-order valence-corrected chi connectivity index (χ1v) is 7.04. The first kappa shape index (κ1) is 14.0. The molecule has 0 amide bonds. The van der Waals surface area contributed by atoms with Gasteiger partial charge in [-0.15, -0.1) is 11.3 Å². The van der Waals surface area contributed by atoms with Gasteiger partial charge >= 0.3 is 5.97 Å². The van der Waals surface area contributed by atoms with Crippen LogP contribution in [0.4, 0.5) is 0 Å². The molecule has 4 nitrogen and oxygen atoms in total. The van der Waals surface area contributed by atoms with Gasteiger partial charge in [0.05, 0.1) is 17.6 Å². The van der Waals surface area contributed by atoms with Crippen molar-refractivity contribution in [2.45, 2.75) is 6.10 Å². The normalized spacial score (nSPS) is 12.2. The molecule has 1 aromatic carbocycles. The van der Waals surface area contributed by atoms with Crippen LogP contribution in [0.25, 0.3) is 0 Å². The standard InChI is InChI=1S/C13H11BrO4S/c1-18-7-2-3-10(14)9(6-7)11(15)12-8(13(16)17)4-5-19-12/h2-6,11,15H,1H3,(H,16,17). The molecular formula is C13H11BrO4S. The van der Waals surface area contributed by atoms with E-state index in [4.69, 9.17) is 9.84 Å². The third-order valence-electron chi connectivity index (χ3n) is 2.67. The molecule has 0 aliphatic heterocycles. The maximum atomic E-state index is 11.1. The first-order valence-electron chi connectivity index (χ1n) is 5.36. The van der Waals surface area contributed by atoms with Crippen LogP contribution in [0.15, 0.2) is 34.1 Å². The number of benzene rings is 1. The number of carboxylic acid groups (broad SMARTS) is 1. The SMILES string of the molecule is COc1ccc(Br)c(C(O)c2sccc2C(=O)O)c1. The van der Waals surface area contributed by atoms with E-state index >= 15 is 0 Å². The van der Waals surface area contributed by atoms with Crippen LogP contribution in [-0.2, 0) is 0 Å². The second-order valence-corrected chi connectivity index (χ2v) is 5.60. The summed E-state index contributed by atoms with van der Waals surface area (Å²) in [5, 5.41) is 21.1. The molecule has 0 bridgehead atoms. The Kier molecular flexibility index (Phi) is 4.24. The first-order chi connectivity index (χ1) is 9.04. The summed E-state index contributed by atoms with van der Waals surface area (Å²) >= 11 is 4.56. The van der Waals surface area contributed by atoms with Crippen molar-refractivity contribution in [1.29, 1.82) is 0 Å². The van der Waals surface area contributed by atoms with Crippen molar-refractivity contribution in [2.75, 3.05) is 7.11 Å². The van der Waals surface area contributed by atoms with Crippen LogP contribution in [0.2, 0.25) is 0 Å². The van der Waals surface area contributed by atoms with Crippen molar-refractivity contribution < 1.29 is 19.7 Å². The Hall–Kier alpha value is -1.37. The Morgan fingerprint density at radius 3 is 2.79 bits per heavy atom. The summed E-state index contributed by atoms with van der Waals surface area (Å²) in [6.07, 6.45) is -1.00. The van der Waals surface area contributed by atoms with Gasteiger partial charge in [0.2, 0.25) is 0 Å². The number of hydrogen-bond acceptors (Lipinski definition) is 4. The summed E-state index contributed by atoms with van der Waals surface area (Å²) in [5.74, 6) is -0.444.